The summed E-state index contributed by atoms with van der Waals surface area (Å²) in [4.78, 5) is 12.1. The van der Waals surface area contributed by atoms with Crippen molar-refractivity contribution in [2.75, 3.05) is 0 Å². The van der Waals surface area contributed by atoms with Gasteiger partial charge >= 0.3 is 0 Å². The zero-order valence-electron chi connectivity index (χ0n) is 14.9. The average Bonchev–Trinajstić information content (AvgIpc) is 2.70. The van der Waals surface area contributed by atoms with Gasteiger partial charge < -0.3 is 9.84 Å². The average molecular weight is 360 g/mol. The van der Waals surface area contributed by atoms with Crippen molar-refractivity contribution in [3.05, 3.63) is 84.4 Å². The minimum absolute atomic E-state index is 0.177. The van der Waals surface area contributed by atoms with Crippen molar-refractivity contribution >= 4 is 12.1 Å². The molecule has 5 heteroatoms. The van der Waals surface area contributed by atoms with E-state index in [1.54, 1.807) is 31.2 Å². The van der Waals surface area contributed by atoms with E-state index in [9.17, 15) is 9.90 Å². The predicted octanol–water partition coefficient (Wildman–Crippen LogP) is 3.98. The summed E-state index contributed by atoms with van der Waals surface area (Å²) in [5.41, 5.74) is 5.41. The van der Waals surface area contributed by atoms with Gasteiger partial charge in [0.2, 0.25) is 0 Å². The summed E-state index contributed by atoms with van der Waals surface area (Å²) in [6.45, 7) is 1.66. The molecule has 1 atom stereocenters. The lowest BCUT2D eigenvalue weighted by Gasteiger charge is -2.13. The quantitative estimate of drug-likeness (QED) is 0.516. The third-order valence-corrected chi connectivity index (χ3v) is 3.92. The van der Waals surface area contributed by atoms with E-state index >= 15 is 0 Å². The summed E-state index contributed by atoms with van der Waals surface area (Å²) in [6, 6.07) is 24.1. The fraction of sp³-hybridized carbons (Fsp3) is 0.0909. The molecule has 0 aliphatic rings. The predicted molar refractivity (Wildman–Crippen MR) is 106 cm³/mol. The first-order valence-electron chi connectivity index (χ1n) is 8.56. The molecule has 3 rings (SSSR count). The Bertz CT molecular complexity index is 905. The molecule has 0 saturated heterocycles. The van der Waals surface area contributed by atoms with Gasteiger partial charge in [-0.25, -0.2) is 5.43 Å². The number of amides is 1. The fourth-order valence-corrected chi connectivity index (χ4v) is 2.44. The van der Waals surface area contributed by atoms with Crippen LogP contribution in [0.1, 0.15) is 12.5 Å². The third kappa shape index (κ3) is 5.19. The highest BCUT2D eigenvalue weighted by Gasteiger charge is 2.13. The minimum Gasteiger partial charge on any atom is -0.508 e. The Morgan fingerprint density at radius 3 is 2.26 bits per heavy atom. The number of nitrogens with zero attached hydrogens (tertiary/aromatic N) is 1. The molecule has 2 N–H and O–H groups in total. The van der Waals surface area contributed by atoms with Gasteiger partial charge in [-0.2, -0.15) is 5.10 Å². The first-order chi connectivity index (χ1) is 13.1. The number of benzene rings is 3. The number of ether oxygens (including phenoxy) is 1. The van der Waals surface area contributed by atoms with Crippen molar-refractivity contribution < 1.29 is 14.6 Å². The number of hydrazone groups is 1. The van der Waals surface area contributed by atoms with Gasteiger partial charge in [-0.15, -0.1) is 0 Å². The number of carbonyl (C=O) groups is 1. The Kier molecular flexibility index (Phi) is 5.84. The van der Waals surface area contributed by atoms with Crippen molar-refractivity contribution in [2.24, 2.45) is 5.10 Å². The van der Waals surface area contributed by atoms with Crippen LogP contribution in [0.25, 0.3) is 11.1 Å². The van der Waals surface area contributed by atoms with Crippen LogP contribution in [0.3, 0.4) is 0 Å². The van der Waals surface area contributed by atoms with Gasteiger partial charge in [0, 0.05) is 0 Å². The van der Waals surface area contributed by atoms with Crippen LogP contribution in [0, 0.1) is 0 Å². The molecule has 0 bridgehead atoms. The largest absolute Gasteiger partial charge is 0.508 e. The number of carbonyl (C=O) groups excluding carboxylic acids is 1. The molecular formula is C22H20N2O3. The molecule has 0 saturated carbocycles. The number of hydrogen-bond acceptors (Lipinski definition) is 4. The number of phenols is 1. The van der Waals surface area contributed by atoms with E-state index in [1.807, 2.05) is 54.6 Å². The summed E-state index contributed by atoms with van der Waals surface area (Å²) in [5, 5.41) is 13.1. The Labute approximate surface area is 157 Å². The van der Waals surface area contributed by atoms with Gasteiger partial charge in [0.05, 0.1) is 6.21 Å². The molecule has 0 aromatic heterocycles. The minimum atomic E-state index is -0.690. The maximum Gasteiger partial charge on any atom is 0.280 e. The van der Waals surface area contributed by atoms with Crippen LogP contribution in [0.4, 0.5) is 0 Å². The first kappa shape index (κ1) is 18.2. The number of nitrogens with one attached hydrogen (secondary N) is 1. The summed E-state index contributed by atoms with van der Waals surface area (Å²) < 4.78 is 5.67. The molecule has 0 spiro atoms. The summed E-state index contributed by atoms with van der Waals surface area (Å²) >= 11 is 0. The van der Waals surface area contributed by atoms with Crippen LogP contribution in [0.15, 0.2) is 84.0 Å². The van der Waals surface area contributed by atoms with Gasteiger partial charge in [-0.05, 0) is 60.0 Å². The van der Waals surface area contributed by atoms with Crippen LogP contribution in [-0.4, -0.2) is 23.3 Å². The number of rotatable bonds is 6. The molecule has 1 amide bonds. The molecule has 0 radical (unpaired) electrons. The van der Waals surface area contributed by atoms with Crippen molar-refractivity contribution in [3.63, 3.8) is 0 Å². The number of phenolic OH excluding ortho intramolecular Hbond substituents is 1. The highest BCUT2D eigenvalue weighted by Crippen LogP contribution is 2.22. The lowest BCUT2D eigenvalue weighted by atomic mass is 10.1. The van der Waals surface area contributed by atoms with Gasteiger partial charge in [0.1, 0.15) is 11.5 Å². The van der Waals surface area contributed by atoms with Crippen molar-refractivity contribution in [2.45, 2.75) is 13.0 Å². The molecule has 0 aliphatic heterocycles. The van der Waals surface area contributed by atoms with E-state index in [2.05, 4.69) is 10.5 Å². The molecule has 3 aromatic rings. The first-order valence-corrected chi connectivity index (χ1v) is 8.56. The summed E-state index contributed by atoms with van der Waals surface area (Å²) in [7, 11) is 0. The molecule has 0 fully saturated rings. The van der Waals surface area contributed by atoms with Crippen molar-refractivity contribution in [3.8, 4) is 22.6 Å². The van der Waals surface area contributed by atoms with Crippen molar-refractivity contribution in [1.29, 1.82) is 0 Å². The van der Waals surface area contributed by atoms with Crippen LogP contribution < -0.4 is 10.2 Å². The van der Waals surface area contributed by atoms with Crippen molar-refractivity contribution in [1.82, 2.24) is 5.43 Å². The fourth-order valence-electron chi connectivity index (χ4n) is 2.44. The Balaban J connectivity index is 1.54. The van der Waals surface area contributed by atoms with E-state index in [0.29, 0.717) is 5.75 Å². The Morgan fingerprint density at radius 2 is 1.59 bits per heavy atom. The van der Waals surface area contributed by atoms with Gasteiger partial charge in [0.25, 0.3) is 5.91 Å². The molecule has 0 aliphatic carbocycles. The molecular weight excluding hydrogens is 340 g/mol. The maximum atomic E-state index is 12.1. The molecule has 0 heterocycles. The molecule has 27 heavy (non-hydrogen) atoms. The Morgan fingerprint density at radius 1 is 0.963 bits per heavy atom. The van der Waals surface area contributed by atoms with E-state index in [-0.39, 0.29) is 11.7 Å². The number of aromatic hydroxyl groups is 1. The van der Waals surface area contributed by atoms with Crippen LogP contribution in [-0.2, 0) is 4.79 Å². The second-order valence-corrected chi connectivity index (χ2v) is 5.98. The van der Waals surface area contributed by atoms with E-state index in [0.717, 1.165) is 16.7 Å². The van der Waals surface area contributed by atoms with Gasteiger partial charge in [-0.3, -0.25) is 4.79 Å². The monoisotopic (exact) mass is 360 g/mol. The van der Waals surface area contributed by atoms with E-state index in [4.69, 9.17) is 4.74 Å². The zero-order valence-corrected chi connectivity index (χ0v) is 14.9. The highest BCUT2D eigenvalue weighted by molar-refractivity contribution is 5.84. The number of hydrogen-bond donors (Lipinski definition) is 2. The standard InChI is InChI=1S/C22H20N2O3/c1-16(22(26)24-23-15-17-7-11-20(25)12-8-17)27-21-13-9-19(10-14-21)18-5-3-2-4-6-18/h2-16,25H,1H3,(H,24,26)/b23-15-/t16-/m1/s1. The SMILES string of the molecule is C[C@@H](Oc1ccc(-c2ccccc2)cc1)C(=O)N/N=C\c1ccc(O)cc1. The van der Waals surface area contributed by atoms with Crippen LogP contribution >= 0.6 is 0 Å². The lowest BCUT2D eigenvalue weighted by Crippen LogP contribution is -2.33. The summed E-state index contributed by atoms with van der Waals surface area (Å²) in [6.07, 6.45) is 0.808. The molecule has 136 valence electrons. The smallest absolute Gasteiger partial charge is 0.280 e. The Hall–Kier alpha value is -3.60. The third-order valence-electron chi connectivity index (χ3n) is 3.92. The summed E-state index contributed by atoms with van der Waals surface area (Å²) in [5.74, 6) is 0.438. The second-order valence-electron chi connectivity index (χ2n) is 5.98. The maximum absolute atomic E-state index is 12.1. The van der Waals surface area contributed by atoms with E-state index < -0.39 is 6.10 Å². The molecule has 0 unspecified atom stereocenters. The van der Waals surface area contributed by atoms with Gasteiger partial charge in [-0.1, -0.05) is 42.5 Å². The normalized spacial score (nSPS) is 11.9. The molecule has 3 aromatic carbocycles. The van der Waals surface area contributed by atoms with Crippen LogP contribution in [0.5, 0.6) is 11.5 Å². The van der Waals surface area contributed by atoms with Crippen LogP contribution in [0.2, 0.25) is 0 Å². The van der Waals surface area contributed by atoms with E-state index in [1.165, 1.54) is 6.21 Å². The lowest BCUT2D eigenvalue weighted by molar-refractivity contribution is -0.127. The van der Waals surface area contributed by atoms with Gasteiger partial charge in [0.15, 0.2) is 6.10 Å². The second kappa shape index (κ2) is 8.67. The topological polar surface area (TPSA) is 70.9 Å². The zero-order chi connectivity index (χ0) is 19.1. The molecule has 5 nitrogen and oxygen atoms in total. The highest BCUT2D eigenvalue weighted by atomic mass is 16.5.